The van der Waals surface area contributed by atoms with Crippen LogP contribution in [0.4, 0.5) is 0 Å². The molecule has 1 aliphatic heterocycles. The highest BCUT2D eigenvalue weighted by Gasteiger charge is 2.21. The van der Waals surface area contributed by atoms with E-state index < -0.39 is 0 Å². The van der Waals surface area contributed by atoms with Crippen LogP contribution in [0.3, 0.4) is 0 Å². The number of ether oxygens (including phenoxy) is 1. The molecule has 20 heavy (non-hydrogen) atoms. The van der Waals surface area contributed by atoms with E-state index in [4.69, 9.17) is 4.74 Å². The molecule has 0 unspecified atom stereocenters. The van der Waals surface area contributed by atoms with E-state index in [2.05, 4.69) is 19.1 Å². The smallest absolute Gasteiger partial charge is 0.210 e. The van der Waals surface area contributed by atoms with E-state index >= 15 is 0 Å². The van der Waals surface area contributed by atoms with Gasteiger partial charge in [0, 0.05) is 13.1 Å². The quantitative estimate of drug-likeness (QED) is 0.789. The highest BCUT2D eigenvalue weighted by atomic mass is 16.5. The monoisotopic (exact) mass is 273 g/mol. The summed E-state index contributed by atoms with van der Waals surface area (Å²) < 4.78 is 6.23. The second-order valence-electron chi connectivity index (χ2n) is 5.93. The molecule has 0 spiro atoms. The van der Waals surface area contributed by atoms with Gasteiger partial charge in [-0.25, -0.2) is 0 Å². The fourth-order valence-electron chi connectivity index (χ4n) is 3.32. The first-order valence-electron chi connectivity index (χ1n) is 7.81. The van der Waals surface area contributed by atoms with Crippen molar-refractivity contribution in [3.8, 4) is 5.75 Å². The number of nitrogens with zero attached hydrogens (tertiary/aromatic N) is 1. The molecule has 0 bridgehead atoms. The highest BCUT2D eigenvalue weighted by molar-refractivity contribution is 5.51. The van der Waals surface area contributed by atoms with Gasteiger partial charge in [0.2, 0.25) is 6.41 Å². The summed E-state index contributed by atoms with van der Waals surface area (Å²) in [5.41, 5.74) is 3.96. The predicted molar refractivity (Wildman–Crippen MR) is 78.9 cm³/mol. The van der Waals surface area contributed by atoms with Gasteiger partial charge in [-0.1, -0.05) is 13.0 Å². The summed E-state index contributed by atoms with van der Waals surface area (Å²) in [6, 6.07) is 4.48. The second kappa shape index (κ2) is 5.86. The first kappa shape index (κ1) is 13.5. The van der Waals surface area contributed by atoms with Gasteiger partial charge < -0.3 is 9.64 Å². The minimum absolute atomic E-state index is 0.393. The van der Waals surface area contributed by atoms with Crippen LogP contribution in [0.1, 0.15) is 49.3 Å². The van der Waals surface area contributed by atoms with Gasteiger partial charge >= 0.3 is 0 Å². The van der Waals surface area contributed by atoms with Crippen molar-refractivity contribution in [3.63, 3.8) is 0 Å². The normalized spacial score (nSPS) is 18.9. The third-order valence-electron chi connectivity index (χ3n) is 4.55. The first-order valence-corrected chi connectivity index (χ1v) is 7.81. The second-order valence-corrected chi connectivity index (χ2v) is 5.93. The lowest BCUT2D eigenvalue weighted by molar-refractivity contribution is -0.118. The van der Waals surface area contributed by atoms with Crippen molar-refractivity contribution in [2.45, 2.75) is 58.1 Å². The summed E-state index contributed by atoms with van der Waals surface area (Å²) in [7, 11) is 0. The van der Waals surface area contributed by atoms with Crippen molar-refractivity contribution < 1.29 is 9.53 Å². The Bertz CT molecular complexity index is 492. The minimum atomic E-state index is 0.393. The number of fused-ring (bicyclic) bond motifs is 1. The lowest BCUT2D eigenvalue weighted by Gasteiger charge is -2.27. The largest absolute Gasteiger partial charge is 0.490 e. The lowest BCUT2D eigenvalue weighted by Crippen LogP contribution is -2.29. The molecule has 1 heterocycles. The predicted octanol–water partition coefficient (Wildman–Crippen LogP) is 3.08. The SMILES string of the molecule is CCc1cc2c(cc1OC1CCCC1)CN(C=O)CC2. The zero-order valence-electron chi connectivity index (χ0n) is 12.2. The Balaban J connectivity index is 1.86. The Morgan fingerprint density at radius 1 is 1.30 bits per heavy atom. The standard InChI is InChI=1S/C17H23NO2/c1-2-13-9-14-7-8-18(12-19)11-15(14)10-17(13)20-16-5-3-4-6-16/h9-10,12,16H,2-8,11H2,1H3. The Morgan fingerprint density at radius 3 is 2.80 bits per heavy atom. The Morgan fingerprint density at radius 2 is 2.10 bits per heavy atom. The molecular weight excluding hydrogens is 250 g/mol. The van der Waals surface area contributed by atoms with Crippen LogP contribution in [0.2, 0.25) is 0 Å². The molecule has 0 radical (unpaired) electrons. The lowest BCUT2D eigenvalue weighted by atomic mass is 9.96. The third kappa shape index (κ3) is 2.67. The van der Waals surface area contributed by atoms with Crippen LogP contribution in [0.15, 0.2) is 12.1 Å². The van der Waals surface area contributed by atoms with Crippen LogP contribution in [-0.2, 0) is 24.2 Å². The molecule has 1 amide bonds. The molecule has 0 aromatic heterocycles. The first-order chi connectivity index (χ1) is 9.80. The van der Waals surface area contributed by atoms with Gasteiger partial charge in [0.1, 0.15) is 5.75 Å². The molecule has 1 aromatic rings. The fraction of sp³-hybridized carbons (Fsp3) is 0.588. The van der Waals surface area contributed by atoms with Gasteiger partial charge in [-0.3, -0.25) is 4.79 Å². The van der Waals surface area contributed by atoms with Crippen LogP contribution in [-0.4, -0.2) is 24.0 Å². The van der Waals surface area contributed by atoms with Gasteiger partial charge in [-0.05, 0) is 61.3 Å². The van der Waals surface area contributed by atoms with Crippen molar-refractivity contribution in [1.29, 1.82) is 0 Å². The van der Waals surface area contributed by atoms with E-state index in [1.807, 2.05) is 4.90 Å². The maximum atomic E-state index is 11.0. The van der Waals surface area contributed by atoms with Gasteiger partial charge in [0.05, 0.1) is 6.10 Å². The van der Waals surface area contributed by atoms with Crippen LogP contribution < -0.4 is 4.74 Å². The fourth-order valence-corrected chi connectivity index (χ4v) is 3.32. The van der Waals surface area contributed by atoms with Crippen molar-refractivity contribution in [3.05, 3.63) is 28.8 Å². The molecule has 0 N–H and O–H groups in total. The molecule has 1 saturated carbocycles. The number of hydrogen-bond acceptors (Lipinski definition) is 2. The number of rotatable bonds is 4. The van der Waals surface area contributed by atoms with E-state index in [-0.39, 0.29) is 0 Å². The molecule has 108 valence electrons. The molecule has 1 aromatic carbocycles. The summed E-state index contributed by atoms with van der Waals surface area (Å²) in [5.74, 6) is 1.05. The molecule has 2 aliphatic rings. The summed E-state index contributed by atoms with van der Waals surface area (Å²) in [4.78, 5) is 12.8. The van der Waals surface area contributed by atoms with Gasteiger partial charge in [-0.2, -0.15) is 0 Å². The van der Waals surface area contributed by atoms with Crippen molar-refractivity contribution >= 4 is 6.41 Å². The van der Waals surface area contributed by atoms with Crippen LogP contribution >= 0.6 is 0 Å². The molecule has 3 rings (SSSR count). The third-order valence-corrected chi connectivity index (χ3v) is 4.55. The van der Waals surface area contributed by atoms with E-state index in [0.717, 1.165) is 38.1 Å². The Labute approximate surface area is 120 Å². The molecule has 3 heteroatoms. The van der Waals surface area contributed by atoms with E-state index in [0.29, 0.717) is 6.10 Å². The number of benzene rings is 1. The van der Waals surface area contributed by atoms with Crippen LogP contribution in [0.25, 0.3) is 0 Å². The topological polar surface area (TPSA) is 29.5 Å². The van der Waals surface area contributed by atoms with E-state index in [1.54, 1.807) is 0 Å². The van der Waals surface area contributed by atoms with Crippen LogP contribution in [0, 0.1) is 0 Å². The summed E-state index contributed by atoms with van der Waals surface area (Å²) in [6.07, 6.45) is 8.25. The average molecular weight is 273 g/mol. The zero-order valence-corrected chi connectivity index (χ0v) is 12.2. The maximum Gasteiger partial charge on any atom is 0.210 e. The highest BCUT2D eigenvalue weighted by Crippen LogP contribution is 2.31. The Hall–Kier alpha value is -1.51. The number of aryl methyl sites for hydroxylation is 1. The number of hydrogen-bond donors (Lipinski definition) is 0. The number of amides is 1. The summed E-state index contributed by atoms with van der Waals surface area (Å²) in [5, 5.41) is 0. The Kier molecular flexibility index (Phi) is 3.95. The van der Waals surface area contributed by atoms with E-state index in [1.165, 1.54) is 42.4 Å². The number of carbonyl (C=O) groups is 1. The summed E-state index contributed by atoms with van der Waals surface area (Å²) >= 11 is 0. The average Bonchev–Trinajstić information content (AvgIpc) is 2.99. The molecule has 1 fully saturated rings. The molecule has 0 atom stereocenters. The van der Waals surface area contributed by atoms with Crippen LogP contribution in [0.5, 0.6) is 5.75 Å². The van der Waals surface area contributed by atoms with Crippen molar-refractivity contribution in [2.24, 2.45) is 0 Å². The molecule has 1 aliphatic carbocycles. The molecule has 3 nitrogen and oxygen atoms in total. The minimum Gasteiger partial charge on any atom is -0.490 e. The number of carbonyl (C=O) groups excluding carboxylic acids is 1. The zero-order chi connectivity index (χ0) is 13.9. The van der Waals surface area contributed by atoms with Crippen molar-refractivity contribution in [2.75, 3.05) is 6.54 Å². The van der Waals surface area contributed by atoms with Crippen molar-refractivity contribution in [1.82, 2.24) is 4.90 Å². The van der Waals surface area contributed by atoms with E-state index in [9.17, 15) is 4.79 Å². The molecular formula is C17H23NO2. The molecule has 0 saturated heterocycles. The van der Waals surface area contributed by atoms with Gasteiger partial charge in [0.25, 0.3) is 0 Å². The van der Waals surface area contributed by atoms with Gasteiger partial charge in [-0.15, -0.1) is 0 Å². The maximum absolute atomic E-state index is 11.0. The van der Waals surface area contributed by atoms with Gasteiger partial charge in [0.15, 0.2) is 0 Å². The summed E-state index contributed by atoms with van der Waals surface area (Å²) in [6.45, 7) is 3.75.